The van der Waals surface area contributed by atoms with Gasteiger partial charge in [0.25, 0.3) is 5.69 Å². The first kappa shape index (κ1) is 19.2. The maximum atomic E-state index is 11.0. The van der Waals surface area contributed by atoms with Gasteiger partial charge >= 0.3 is 0 Å². The number of aryl methyl sites for hydroxylation is 1. The van der Waals surface area contributed by atoms with Gasteiger partial charge in [-0.3, -0.25) is 15.0 Å². The van der Waals surface area contributed by atoms with E-state index in [1.807, 2.05) is 19.1 Å². The molecule has 3 rings (SSSR count). The normalized spacial score (nSPS) is 16.6. The second-order valence-electron chi connectivity index (χ2n) is 7.43. The molecule has 0 saturated carbocycles. The molecule has 144 valence electrons. The number of rotatable bonds is 5. The van der Waals surface area contributed by atoms with E-state index in [-0.39, 0.29) is 16.7 Å². The first-order valence-corrected chi connectivity index (χ1v) is 9.44. The molecular weight excluding hydrogens is 342 g/mol. The van der Waals surface area contributed by atoms with Crippen molar-refractivity contribution in [2.75, 3.05) is 31.1 Å². The Balaban J connectivity index is 1.68. The molecule has 7 heteroatoms. The van der Waals surface area contributed by atoms with E-state index in [4.69, 9.17) is 4.98 Å². The lowest BCUT2D eigenvalue weighted by Crippen LogP contribution is -2.47. The standard InChI is InChI=1S/C20H27N5O2/c1-14(2)20-21-15(3)12-19(22-20)24-10-8-23(9-11-24)16(4)17-6-5-7-18(13-17)25(26)27/h5-7,12-14,16H,8-11H2,1-4H3/t16-/m0/s1. The summed E-state index contributed by atoms with van der Waals surface area (Å²) in [7, 11) is 0. The van der Waals surface area contributed by atoms with Gasteiger partial charge in [-0.1, -0.05) is 26.0 Å². The third-order valence-corrected chi connectivity index (χ3v) is 5.12. The summed E-state index contributed by atoms with van der Waals surface area (Å²) in [5.74, 6) is 2.19. The molecule has 1 aromatic carbocycles. The van der Waals surface area contributed by atoms with E-state index in [0.717, 1.165) is 49.1 Å². The summed E-state index contributed by atoms with van der Waals surface area (Å²) >= 11 is 0. The van der Waals surface area contributed by atoms with Crippen molar-refractivity contribution in [3.8, 4) is 0 Å². The molecule has 1 aliphatic rings. The number of piperazine rings is 1. The third-order valence-electron chi connectivity index (χ3n) is 5.12. The summed E-state index contributed by atoms with van der Waals surface area (Å²) in [5, 5.41) is 11.0. The van der Waals surface area contributed by atoms with Gasteiger partial charge in [0.2, 0.25) is 0 Å². The zero-order chi connectivity index (χ0) is 19.6. The minimum Gasteiger partial charge on any atom is -0.354 e. The molecule has 0 amide bonds. The zero-order valence-corrected chi connectivity index (χ0v) is 16.4. The molecule has 0 bridgehead atoms. The summed E-state index contributed by atoms with van der Waals surface area (Å²) in [6, 6.07) is 9.14. The Bertz CT molecular complexity index is 816. The first-order chi connectivity index (χ1) is 12.8. The second-order valence-corrected chi connectivity index (χ2v) is 7.43. The van der Waals surface area contributed by atoms with E-state index in [1.165, 1.54) is 6.07 Å². The number of hydrogen-bond acceptors (Lipinski definition) is 6. The summed E-state index contributed by atoms with van der Waals surface area (Å²) < 4.78 is 0. The summed E-state index contributed by atoms with van der Waals surface area (Å²) in [5.41, 5.74) is 2.13. The van der Waals surface area contributed by atoms with Gasteiger partial charge in [-0.15, -0.1) is 0 Å². The van der Waals surface area contributed by atoms with E-state index in [0.29, 0.717) is 5.92 Å². The molecule has 0 aliphatic carbocycles. The number of nitrogens with zero attached hydrogens (tertiary/aromatic N) is 5. The SMILES string of the molecule is Cc1cc(N2CCN([C@@H](C)c3cccc([N+](=O)[O-])c3)CC2)nc(C(C)C)n1. The minimum absolute atomic E-state index is 0.144. The predicted octanol–water partition coefficient (Wildman–Crippen LogP) is 3.70. The van der Waals surface area contributed by atoms with Crippen molar-refractivity contribution in [3.63, 3.8) is 0 Å². The Morgan fingerprint density at radius 1 is 1.07 bits per heavy atom. The van der Waals surface area contributed by atoms with E-state index in [9.17, 15) is 10.1 Å². The van der Waals surface area contributed by atoms with Crippen molar-refractivity contribution in [2.24, 2.45) is 0 Å². The average molecular weight is 369 g/mol. The highest BCUT2D eigenvalue weighted by Gasteiger charge is 2.24. The lowest BCUT2D eigenvalue weighted by molar-refractivity contribution is -0.384. The molecule has 7 nitrogen and oxygen atoms in total. The van der Waals surface area contributed by atoms with Gasteiger partial charge in [0.15, 0.2) is 0 Å². The van der Waals surface area contributed by atoms with Crippen LogP contribution in [0.15, 0.2) is 30.3 Å². The van der Waals surface area contributed by atoms with Crippen LogP contribution in [0.1, 0.15) is 49.8 Å². The van der Waals surface area contributed by atoms with Crippen LogP contribution < -0.4 is 4.90 Å². The minimum atomic E-state index is -0.335. The Labute approximate surface area is 160 Å². The van der Waals surface area contributed by atoms with Gasteiger partial charge in [-0.05, 0) is 19.4 Å². The molecule has 1 saturated heterocycles. The van der Waals surface area contributed by atoms with Crippen molar-refractivity contribution >= 4 is 11.5 Å². The van der Waals surface area contributed by atoms with E-state index >= 15 is 0 Å². The highest BCUT2D eigenvalue weighted by Crippen LogP contribution is 2.26. The van der Waals surface area contributed by atoms with Crippen LogP contribution in [0.5, 0.6) is 0 Å². The van der Waals surface area contributed by atoms with Gasteiger partial charge in [-0.2, -0.15) is 0 Å². The monoisotopic (exact) mass is 369 g/mol. The van der Waals surface area contributed by atoms with Gasteiger partial charge < -0.3 is 4.90 Å². The van der Waals surface area contributed by atoms with Crippen LogP contribution in [0.4, 0.5) is 11.5 Å². The number of nitro groups is 1. The maximum Gasteiger partial charge on any atom is 0.269 e. The van der Waals surface area contributed by atoms with E-state index in [1.54, 1.807) is 12.1 Å². The Hall–Kier alpha value is -2.54. The number of nitro benzene ring substituents is 1. The summed E-state index contributed by atoms with van der Waals surface area (Å²) in [6.45, 7) is 11.9. The molecule has 0 spiro atoms. The quantitative estimate of drug-likeness (QED) is 0.591. The molecule has 2 heterocycles. The van der Waals surface area contributed by atoms with Crippen LogP contribution in [-0.4, -0.2) is 46.0 Å². The smallest absolute Gasteiger partial charge is 0.269 e. The van der Waals surface area contributed by atoms with Crippen LogP contribution >= 0.6 is 0 Å². The van der Waals surface area contributed by atoms with Gasteiger partial charge in [0.05, 0.1) is 4.92 Å². The van der Waals surface area contributed by atoms with Crippen LogP contribution in [0.3, 0.4) is 0 Å². The van der Waals surface area contributed by atoms with Crippen molar-refractivity contribution in [3.05, 3.63) is 57.5 Å². The van der Waals surface area contributed by atoms with Gasteiger partial charge in [0, 0.05) is 62.0 Å². The molecule has 1 aromatic heterocycles. The van der Waals surface area contributed by atoms with Gasteiger partial charge in [-0.25, -0.2) is 9.97 Å². The fraction of sp³-hybridized carbons (Fsp3) is 0.500. The number of hydrogen-bond donors (Lipinski definition) is 0. The lowest BCUT2D eigenvalue weighted by Gasteiger charge is -2.38. The summed E-state index contributed by atoms with van der Waals surface area (Å²) in [4.78, 5) is 24.6. The molecule has 2 aromatic rings. The molecular formula is C20H27N5O2. The number of aromatic nitrogens is 2. The fourth-order valence-electron chi connectivity index (χ4n) is 3.44. The molecule has 27 heavy (non-hydrogen) atoms. The Kier molecular flexibility index (Phi) is 5.70. The fourth-order valence-corrected chi connectivity index (χ4v) is 3.44. The second kappa shape index (κ2) is 8.00. The average Bonchev–Trinajstić information content (AvgIpc) is 2.67. The van der Waals surface area contributed by atoms with Crippen LogP contribution in [0, 0.1) is 17.0 Å². The highest BCUT2D eigenvalue weighted by molar-refractivity contribution is 5.41. The van der Waals surface area contributed by atoms with Gasteiger partial charge in [0.1, 0.15) is 11.6 Å². The Morgan fingerprint density at radius 3 is 2.41 bits per heavy atom. The van der Waals surface area contributed by atoms with E-state index in [2.05, 4.69) is 35.6 Å². The van der Waals surface area contributed by atoms with E-state index < -0.39 is 0 Å². The molecule has 0 unspecified atom stereocenters. The number of anilines is 1. The predicted molar refractivity (Wildman–Crippen MR) is 106 cm³/mol. The molecule has 0 radical (unpaired) electrons. The Morgan fingerprint density at radius 2 is 1.78 bits per heavy atom. The molecule has 1 aliphatic heterocycles. The van der Waals surface area contributed by atoms with Crippen LogP contribution in [0.2, 0.25) is 0 Å². The van der Waals surface area contributed by atoms with Crippen molar-refractivity contribution in [2.45, 2.75) is 39.7 Å². The third kappa shape index (κ3) is 4.42. The van der Waals surface area contributed by atoms with Crippen molar-refractivity contribution < 1.29 is 4.92 Å². The van der Waals surface area contributed by atoms with Crippen LogP contribution in [0.25, 0.3) is 0 Å². The molecule has 0 N–H and O–H groups in total. The number of benzene rings is 1. The maximum absolute atomic E-state index is 11.0. The summed E-state index contributed by atoms with van der Waals surface area (Å²) in [6.07, 6.45) is 0. The zero-order valence-electron chi connectivity index (χ0n) is 16.4. The van der Waals surface area contributed by atoms with Crippen molar-refractivity contribution in [1.82, 2.24) is 14.9 Å². The topological polar surface area (TPSA) is 75.4 Å². The highest BCUT2D eigenvalue weighted by atomic mass is 16.6. The first-order valence-electron chi connectivity index (χ1n) is 9.44. The van der Waals surface area contributed by atoms with Crippen molar-refractivity contribution in [1.29, 1.82) is 0 Å². The molecule has 1 atom stereocenters. The largest absolute Gasteiger partial charge is 0.354 e. The lowest BCUT2D eigenvalue weighted by atomic mass is 10.1. The molecule has 1 fully saturated rings. The van der Waals surface area contributed by atoms with Crippen LogP contribution in [-0.2, 0) is 0 Å². The number of non-ortho nitro benzene ring substituents is 1.